The first-order valence-corrected chi connectivity index (χ1v) is 8.63. The highest BCUT2D eigenvalue weighted by atomic mass is 32.2. The second kappa shape index (κ2) is 6.64. The summed E-state index contributed by atoms with van der Waals surface area (Å²) in [6.45, 7) is 5.80. The topological polar surface area (TPSA) is 80.1 Å². The number of aromatic nitrogens is 3. The zero-order valence-electron chi connectivity index (χ0n) is 12.1. The van der Waals surface area contributed by atoms with E-state index in [1.807, 2.05) is 6.92 Å². The van der Waals surface area contributed by atoms with E-state index in [0.29, 0.717) is 18.9 Å². The van der Waals surface area contributed by atoms with Crippen LogP contribution in [0.25, 0.3) is 0 Å². The van der Waals surface area contributed by atoms with Crippen molar-refractivity contribution in [1.29, 1.82) is 0 Å². The number of hydrogen-bond acceptors (Lipinski definition) is 4. The van der Waals surface area contributed by atoms with Gasteiger partial charge in [-0.2, -0.15) is 22.5 Å². The van der Waals surface area contributed by atoms with Gasteiger partial charge in [-0.25, -0.2) is 9.67 Å². The molecule has 0 saturated carbocycles. The molecule has 2 rings (SSSR count). The van der Waals surface area contributed by atoms with Crippen LogP contribution < -0.4 is 4.72 Å². The van der Waals surface area contributed by atoms with E-state index in [1.165, 1.54) is 10.6 Å². The highest BCUT2D eigenvalue weighted by molar-refractivity contribution is 7.87. The van der Waals surface area contributed by atoms with Crippen LogP contribution in [0.15, 0.2) is 6.33 Å². The zero-order chi connectivity index (χ0) is 14.6. The van der Waals surface area contributed by atoms with E-state index in [9.17, 15) is 8.42 Å². The Morgan fingerprint density at radius 3 is 2.70 bits per heavy atom. The number of nitrogens with zero attached hydrogens (tertiary/aromatic N) is 4. The Morgan fingerprint density at radius 2 is 2.05 bits per heavy atom. The molecule has 0 radical (unpaired) electrons. The molecule has 1 fully saturated rings. The number of rotatable bonds is 6. The fraction of sp³-hybridized carbons (Fsp3) is 0.833. The largest absolute Gasteiger partial charge is 0.280 e. The summed E-state index contributed by atoms with van der Waals surface area (Å²) in [7, 11) is -3.44. The van der Waals surface area contributed by atoms with E-state index in [2.05, 4.69) is 14.8 Å². The highest BCUT2D eigenvalue weighted by Gasteiger charge is 2.27. The summed E-state index contributed by atoms with van der Waals surface area (Å²) in [4.78, 5) is 4.17. The van der Waals surface area contributed by atoms with Crippen LogP contribution in [0.4, 0.5) is 0 Å². The van der Waals surface area contributed by atoms with E-state index in [-0.39, 0.29) is 6.04 Å². The third kappa shape index (κ3) is 3.56. The molecule has 0 bridgehead atoms. The van der Waals surface area contributed by atoms with Crippen LogP contribution in [0.5, 0.6) is 0 Å². The SMILES string of the molecule is CCCn1ncnc1[C@@H](C)NS(=O)(=O)N1CCCCC1. The molecule has 1 aromatic heterocycles. The van der Waals surface area contributed by atoms with Crippen LogP contribution in [-0.2, 0) is 16.8 Å². The molecule has 0 amide bonds. The third-order valence-electron chi connectivity index (χ3n) is 3.45. The molecular formula is C12H23N5O2S. The molecule has 0 aromatic carbocycles. The quantitative estimate of drug-likeness (QED) is 0.852. The summed E-state index contributed by atoms with van der Waals surface area (Å²) >= 11 is 0. The van der Waals surface area contributed by atoms with E-state index < -0.39 is 10.2 Å². The summed E-state index contributed by atoms with van der Waals surface area (Å²) in [5, 5.41) is 4.13. The Morgan fingerprint density at radius 1 is 1.35 bits per heavy atom. The van der Waals surface area contributed by atoms with Crippen molar-refractivity contribution in [3.63, 3.8) is 0 Å². The van der Waals surface area contributed by atoms with Crippen molar-refractivity contribution < 1.29 is 8.42 Å². The lowest BCUT2D eigenvalue weighted by Gasteiger charge is -2.27. The molecule has 1 atom stereocenters. The molecule has 20 heavy (non-hydrogen) atoms. The van der Waals surface area contributed by atoms with Gasteiger partial charge < -0.3 is 0 Å². The van der Waals surface area contributed by atoms with Crippen LogP contribution in [0.1, 0.15) is 51.4 Å². The molecule has 1 aliphatic rings. The number of nitrogens with one attached hydrogen (secondary N) is 1. The first-order chi connectivity index (χ1) is 9.54. The standard InChI is InChI=1S/C12H23N5O2S/c1-3-7-17-12(13-10-14-17)11(2)15-20(18,19)16-8-5-4-6-9-16/h10-11,15H,3-9H2,1-2H3/t11-/m1/s1. The predicted octanol–water partition coefficient (Wildman–Crippen LogP) is 1.07. The van der Waals surface area contributed by atoms with Gasteiger partial charge in [0.2, 0.25) is 0 Å². The average Bonchev–Trinajstić information content (AvgIpc) is 2.88. The molecule has 8 heteroatoms. The predicted molar refractivity (Wildman–Crippen MR) is 76.2 cm³/mol. The third-order valence-corrected chi connectivity index (χ3v) is 5.15. The van der Waals surface area contributed by atoms with Gasteiger partial charge in [-0.1, -0.05) is 13.3 Å². The van der Waals surface area contributed by atoms with Gasteiger partial charge >= 0.3 is 0 Å². The second-order valence-electron chi connectivity index (χ2n) is 5.15. The molecule has 0 aliphatic carbocycles. The first kappa shape index (κ1) is 15.4. The molecule has 1 aromatic rings. The van der Waals surface area contributed by atoms with E-state index in [4.69, 9.17) is 0 Å². The van der Waals surface area contributed by atoms with Crippen LogP contribution in [0, 0.1) is 0 Å². The van der Waals surface area contributed by atoms with Crippen LogP contribution >= 0.6 is 0 Å². The maximum absolute atomic E-state index is 12.3. The Kier molecular flexibility index (Phi) is 5.11. The van der Waals surface area contributed by atoms with Gasteiger partial charge in [0.15, 0.2) is 0 Å². The molecule has 0 unspecified atom stereocenters. The fourth-order valence-corrected chi connectivity index (χ4v) is 3.89. The molecular weight excluding hydrogens is 278 g/mol. The molecule has 1 N–H and O–H groups in total. The van der Waals surface area contributed by atoms with Gasteiger partial charge in [-0.3, -0.25) is 0 Å². The Balaban J connectivity index is 2.05. The second-order valence-corrected chi connectivity index (χ2v) is 6.85. The maximum Gasteiger partial charge on any atom is 0.280 e. The minimum absolute atomic E-state index is 0.379. The fourth-order valence-electron chi connectivity index (χ4n) is 2.45. The molecule has 7 nitrogen and oxygen atoms in total. The Bertz CT molecular complexity index is 522. The number of hydrogen-bond donors (Lipinski definition) is 1. The van der Waals surface area contributed by atoms with Gasteiger partial charge in [0, 0.05) is 19.6 Å². The number of piperidine rings is 1. The molecule has 1 saturated heterocycles. The lowest BCUT2D eigenvalue weighted by atomic mass is 10.2. The van der Waals surface area contributed by atoms with E-state index >= 15 is 0 Å². The lowest BCUT2D eigenvalue weighted by Crippen LogP contribution is -2.44. The van der Waals surface area contributed by atoms with Crippen molar-refractivity contribution in [2.75, 3.05) is 13.1 Å². The van der Waals surface area contributed by atoms with Crippen molar-refractivity contribution in [3.8, 4) is 0 Å². The van der Waals surface area contributed by atoms with Crippen molar-refractivity contribution in [2.24, 2.45) is 0 Å². The van der Waals surface area contributed by atoms with Gasteiger partial charge in [0.25, 0.3) is 10.2 Å². The summed E-state index contributed by atoms with van der Waals surface area (Å²) in [5.74, 6) is 0.660. The van der Waals surface area contributed by atoms with Gasteiger partial charge in [0.1, 0.15) is 12.2 Å². The molecule has 2 heterocycles. The van der Waals surface area contributed by atoms with Crippen molar-refractivity contribution in [2.45, 2.75) is 52.1 Å². The summed E-state index contributed by atoms with van der Waals surface area (Å²) in [6, 6.07) is -0.379. The Labute approximate surface area is 120 Å². The maximum atomic E-state index is 12.3. The summed E-state index contributed by atoms with van der Waals surface area (Å²) in [6.07, 6.45) is 5.37. The summed E-state index contributed by atoms with van der Waals surface area (Å²) < 4.78 is 30.6. The monoisotopic (exact) mass is 301 g/mol. The zero-order valence-corrected chi connectivity index (χ0v) is 12.9. The molecule has 1 aliphatic heterocycles. The first-order valence-electron chi connectivity index (χ1n) is 7.19. The van der Waals surface area contributed by atoms with Gasteiger partial charge in [0.05, 0.1) is 6.04 Å². The minimum Gasteiger partial charge on any atom is -0.249 e. The highest BCUT2D eigenvalue weighted by Crippen LogP contribution is 2.16. The smallest absolute Gasteiger partial charge is 0.249 e. The van der Waals surface area contributed by atoms with Crippen molar-refractivity contribution in [3.05, 3.63) is 12.2 Å². The molecule has 114 valence electrons. The summed E-state index contributed by atoms with van der Waals surface area (Å²) in [5.41, 5.74) is 0. The lowest BCUT2D eigenvalue weighted by molar-refractivity contribution is 0.338. The van der Waals surface area contributed by atoms with Crippen LogP contribution in [-0.4, -0.2) is 40.6 Å². The normalized spacial score (nSPS) is 19.1. The van der Waals surface area contributed by atoms with Gasteiger partial charge in [-0.05, 0) is 26.2 Å². The minimum atomic E-state index is -3.44. The average molecular weight is 301 g/mol. The Hall–Kier alpha value is -0.990. The van der Waals surface area contributed by atoms with E-state index in [0.717, 1.165) is 32.2 Å². The molecule has 0 spiro atoms. The van der Waals surface area contributed by atoms with Crippen molar-refractivity contribution >= 4 is 10.2 Å². The van der Waals surface area contributed by atoms with Crippen LogP contribution in [0.3, 0.4) is 0 Å². The van der Waals surface area contributed by atoms with E-state index in [1.54, 1.807) is 11.6 Å². The van der Waals surface area contributed by atoms with Crippen molar-refractivity contribution in [1.82, 2.24) is 23.8 Å². The van der Waals surface area contributed by atoms with Crippen LogP contribution in [0.2, 0.25) is 0 Å². The van der Waals surface area contributed by atoms with Gasteiger partial charge in [-0.15, -0.1) is 0 Å². The number of aryl methyl sites for hydroxylation is 1.